The molecule has 0 aliphatic carbocycles. The summed E-state index contributed by atoms with van der Waals surface area (Å²) in [6.07, 6.45) is 0. The van der Waals surface area contributed by atoms with E-state index in [4.69, 9.17) is 37.0 Å². The van der Waals surface area contributed by atoms with Crippen molar-refractivity contribution in [1.29, 1.82) is 0 Å². The van der Waals surface area contributed by atoms with Gasteiger partial charge in [0.15, 0.2) is 0 Å². The summed E-state index contributed by atoms with van der Waals surface area (Å²) in [5.41, 5.74) is 4.58. The van der Waals surface area contributed by atoms with Gasteiger partial charge in [-0.25, -0.2) is 0 Å². The summed E-state index contributed by atoms with van der Waals surface area (Å²) in [5, 5.41) is 2.58. The minimum Gasteiger partial charge on any atom is -0.387 e. The summed E-state index contributed by atoms with van der Waals surface area (Å²) in [6.45, 7) is 13.1. The van der Waals surface area contributed by atoms with Gasteiger partial charge in [-0.3, -0.25) is 0 Å². The fourth-order valence-corrected chi connectivity index (χ4v) is 44.5. The molecular weight excluding hydrogens is 977 g/mol. The number of fused-ring (bicyclic) bond motifs is 3. The van der Waals surface area contributed by atoms with E-state index in [1.54, 1.807) is 36.4 Å². The monoisotopic (exact) mass is 1030 g/mol. The van der Waals surface area contributed by atoms with Crippen LogP contribution >= 0.6 is 0 Å². The second kappa shape index (κ2) is 17.5. The van der Waals surface area contributed by atoms with Crippen LogP contribution in [0.4, 0.5) is 0 Å². The van der Waals surface area contributed by atoms with Crippen molar-refractivity contribution in [2.45, 2.75) is 48.5 Å². The van der Waals surface area contributed by atoms with Gasteiger partial charge in [0, 0.05) is 36.3 Å². The third kappa shape index (κ3) is 7.95. The van der Waals surface area contributed by atoms with Crippen LogP contribution in [0.15, 0.2) is 170 Å². The van der Waals surface area contributed by atoms with Gasteiger partial charge in [-0.15, -0.1) is 0 Å². The standard InChI is InChI=1S/C49H52O12Si7/c1-36-22-8-15-29-43(36)62(50)53-65(46-32-18-11-25-39(46)4)55-63(51,44-30-16-9-23-37(44)2)57-67(48-34-20-13-27-41(48)6)58-64(52,45-31-17-10-24-38(45)3)56-66(54-62,47-33-19-12-26-40(47)5)60-68(59-65,61-67)49-35-21-14-28-42(49)7/h8-35,50-52H,1-7H3. The van der Waals surface area contributed by atoms with Crippen molar-refractivity contribution in [3.05, 3.63) is 209 Å². The van der Waals surface area contributed by atoms with E-state index in [0.717, 1.165) is 0 Å². The lowest BCUT2D eigenvalue weighted by atomic mass is 10.2. The molecule has 3 heterocycles. The van der Waals surface area contributed by atoms with Gasteiger partial charge in [0.05, 0.1) is 0 Å². The molecule has 0 unspecified atom stereocenters. The maximum Gasteiger partial charge on any atom is 0.520 e. The highest BCUT2D eigenvalue weighted by Gasteiger charge is 2.80. The number of rotatable bonds is 7. The molecule has 0 atom stereocenters. The third-order valence-corrected chi connectivity index (χ3v) is 40.9. The number of hydrogen-bond donors (Lipinski definition) is 3. The van der Waals surface area contributed by atoms with Crippen LogP contribution in [0.5, 0.6) is 0 Å². The summed E-state index contributed by atoms with van der Waals surface area (Å²) in [7, 11) is -35.7. The van der Waals surface area contributed by atoms with E-state index in [1.165, 1.54) is 0 Å². The molecule has 3 N–H and O–H groups in total. The Morgan fingerprint density at radius 2 is 0.368 bits per heavy atom. The van der Waals surface area contributed by atoms with Gasteiger partial charge in [0.25, 0.3) is 0 Å². The number of hydrogen-bond acceptors (Lipinski definition) is 12. The van der Waals surface area contributed by atoms with Crippen LogP contribution in [0.2, 0.25) is 0 Å². The summed E-state index contributed by atoms with van der Waals surface area (Å²) in [6, 6.07) is 51.3. The van der Waals surface area contributed by atoms with Crippen LogP contribution in [-0.2, 0) is 37.0 Å². The normalized spacial score (nSPS) is 30.4. The fraction of sp³-hybridized carbons (Fsp3) is 0.143. The van der Waals surface area contributed by atoms with Crippen molar-refractivity contribution in [3.63, 3.8) is 0 Å². The first-order valence-corrected chi connectivity index (χ1v) is 34.6. The maximum atomic E-state index is 14.1. The molecule has 12 nitrogen and oxygen atoms in total. The zero-order valence-corrected chi connectivity index (χ0v) is 45.7. The van der Waals surface area contributed by atoms with Crippen LogP contribution in [0.25, 0.3) is 0 Å². The van der Waals surface area contributed by atoms with E-state index in [9.17, 15) is 14.4 Å². The zero-order valence-electron chi connectivity index (χ0n) is 38.7. The molecule has 7 aromatic rings. The van der Waals surface area contributed by atoms with Crippen molar-refractivity contribution < 1.29 is 51.4 Å². The molecule has 0 radical (unpaired) electrons. The predicted octanol–water partition coefficient (Wildman–Crippen LogP) is 3.24. The van der Waals surface area contributed by atoms with Crippen LogP contribution < -0.4 is 36.3 Å². The van der Waals surface area contributed by atoms with Gasteiger partial charge in [0.2, 0.25) is 0 Å². The van der Waals surface area contributed by atoms with Crippen LogP contribution in [0.1, 0.15) is 38.9 Å². The molecule has 19 heteroatoms. The van der Waals surface area contributed by atoms with Crippen molar-refractivity contribution in [2.24, 2.45) is 0 Å². The molecule has 3 aliphatic heterocycles. The van der Waals surface area contributed by atoms with Crippen molar-refractivity contribution >= 4 is 97.9 Å². The Morgan fingerprint density at radius 1 is 0.221 bits per heavy atom. The minimum absolute atomic E-state index is 0.295. The van der Waals surface area contributed by atoms with E-state index in [0.29, 0.717) is 75.3 Å². The lowest BCUT2D eigenvalue weighted by molar-refractivity contribution is 0.0351. The average Bonchev–Trinajstić information content (AvgIpc) is 3.28. The summed E-state index contributed by atoms with van der Waals surface area (Å²) < 4.78 is 69.5. The molecular formula is C49H52O12Si7. The van der Waals surface area contributed by atoms with Gasteiger partial charge in [0.1, 0.15) is 0 Å². The van der Waals surface area contributed by atoms with E-state index >= 15 is 0 Å². The SMILES string of the molecule is Cc1ccccc1[Si]1(O)O[Si]2(c3ccccc3C)O[Si](O)(c3ccccc3C)O[Si]3(c4ccccc4C)O[Si](O)(c4ccccc4C)O[Si](c4ccccc4C)(O1)O[Si](c1ccccc1C)(O2)O3. The van der Waals surface area contributed by atoms with E-state index in [-0.39, 0.29) is 0 Å². The molecule has 10 rings (SSSR count). The molecule has 0 amide bonds. The van der Waals surface area contributed by atoms with Crippen LogP contribution in [-0.4, -0.2) is 76.0 Å². The summed E-state index contributed by atoms with van der Waals surface area (Å²) in [5.74, 6) is 0. The van der Waals surface area contributed by atoms with Crippen molar-refractivity contribution in [3.8, 4) is 0 Å². The van der Waals surface area contributed by atoms with Gasteiger partial charge < -0.3 is 51.4 Å². The Bertz CT molecular complexity index is 2760. The Morgan fingerprint density at radius 3 is 0.544 bits per heavy atom. The second-order valence-corrected chi connectivity index (χ2v) is 36.7. The Hall–Kier alpha value is -4.42. The van der Waals surface area contributed by atoms with Gasteiger partial charge in [-0.05, 0) is 87.4 Å². The second-order valence-electron chi connectivity index (χ2n) is 17.6. The van der Waals surface area contributed by atoms with Gasteiger partial charge >= 0.3 is 61.6 Å². The fourth-order valence-electron chi connectivity index (χ4n) is 9.37. The van der Waals surface area contributed by atoms with Crippen molar-refractivity contribution in [1.82, 2.24) is 0 Å². The molecule has 68 heavy (non-hydrogen) atoms. The first-order valence-electron chi connectivity index (χ1n) is 22.4. The molecule has 3 saturated heterocycles. The molecule has 3 aliphatic rings. The smallest absolute Gasteiger partial charge is 0.387 e. The molecule has 7 aromatic carbocycles. The molecule has 0 spiro atoms. The summed E-state index contributed by atoms with van der Waals surface area (Å²) in [4.78, 5) is 42.4. The van der Waals surface area contributed by atoms with Crippen LogP contribution in [0.3, 0.4) is 0 Å². The van der Waals surface area contributed by atoms with Crippen LogP contribution in [0, 0.1) is 48.5 Å². The topological polar surface area (TPSA) is 144 Å². The third-order valence-electron chi connectivity index (χ3n) is 12.8. The molecule has 0 aromatic heterocycles. The average molecular weight is 1030 g/mol. The van der Waals surface area contributed by atoms with E-state index in [2.05, 4.69) is 0 Å². The van der Waals surface area contributed by atoms with Crippen molar-refractivity contribution in [2.75, 3.05) is 0 Å². The van der Waals surface area contributed by atoms with E-state index in [1.807, 2.05) is 182 Å². The van der Waals surface area contributed by atoms with Gasteiger partial charge in [-0.2, -0.15) is 0 Å². The molecule has 0 saturated carbocycles. The maximum absolute atomic E-state index is 14.1. The summed E-state index contributed by atoms with van der Waals surface area (Å²) >= 11 is 0. The quantitative estimate of drug-likeness (QED) is 0.202. The Labute approximate surface area is 404 Å². The molecule has 4 bridgehead atoms. The highest BCUT2D eigenvalue weighted by molar-refractivity contribution is 7.10. The number of aryl methyl sites for hydroxylation is 7. The minimum atomic E-state index is -5.18. The highest BCUT2D eigenvalue weighted by atomic mass is 28.6. The largest absolute Gasteiger partial charge is 0.520 e. The Kier molecular flexibility index (Phi) is 12.1. The lowest BCUT2D eigenvalue weighted by Gasteiger charge is -2.57. The first kappa shape index (κ1) is 47.3. The first-order chi connectivity index (χ1) is 32.5. The molecule has 348 valence electrons. The molecule has 3 fully saturated rings. The zero-order chi connectivity index (χ0) is 47.7. The van der Waals surface area contributed by atoms with E-state index < -0.39 is 61.6 Å². The highest BCUT2D eigenvalue weighted by Crippen LogP contribution is 2.42. The Balaban J connectivity index is 1.44. The van der Waals surface area contributed by atoms with Gasteiger partial charge in [-0.1, -0.05) is 170 Å². The lowest BCUT2D eigenvalue weighted by Crippen LogP contribution is -2.91. The predicted molar refractivity (Wildman–Crippen MR) is 272 cm³/mol. The number of benzene rings is 7.